The molecule has 0 spiro atoms. The maximum absolute atomic E-state index is 10.9. The molecule has 134 valence electrons. The third-order valence-electron chi connectivity index (χ3n) is 3.58. The standard InChI is InChI=1S/C17H23Cl2NO4/c1-4-12-8-13(23-6-5-14(18)19)7-10(2)16(12)24-9-11(3)15(20)17(21)22/h5,7-8,11,15H,4,6,9,20H2,1-3H3,(H,21,22)/t11?,15-/m0/s1. The van der Waals surface area contributed by atoms with Crippen molar-refractivity contribution in [2.45, 2.75) is 33.2 Å². The van der Waals surface area contributed by atoms with Crippen LogP contribution in [0.25, 0.3) is 0 Å². The van der Waals surface area contributed by atoms with Crippen LogP contribution >= 0.6 is 23.2 Å². The number of ether oxygens (including phenoxy) is 2. The summed E-state index contributed by atoms with van der Waals surface area (Å²) in [5.74, 6) is 0.0878. The van der Waals surface area contributed by atoms with Crippen molar-refractivity contribution in [3.63, 3.8) is 0 Å². The summed E-state index contributed by atoms with van der Waals surface area (Å²) < 4.78 is 11.6. The fraction of sp³-hybridized carbons (Fsp3) is 0.471. The minimum Gasteiger partial charge on any atom is -0.493 e. The Morgan fingerprint density at radius 2 is 2.04 bits per heavy atom. The lowest BCUT2D eigenvalue weighted by atomic mass is 10.0. The second-order valence-electron chi connectivity index (χ2n) is 5.54. The van der Waals surface area contributed by atoms with E-state index in [4.69, 9.17) is 43.5 Å². The number of hydrogen-bond acceptors (Lipinski definition) is 4. The Bertz CT molecular complexity index is 600. The van der Waals surface area contributed by atoms with Gasteiger partial charge in [0.2, 0.25) is 0 Å². The van der Waals surface area contributed by atoms with Gasteiger partial charge in [-0.15, -0.1) is 0 Å². The first kappa shape index (κ1) is 20.6. The van der Waals surface area contributed by atoms with Crippen LogP contribution in [-0.2, 0) is 11.2 Å². The third kappa shape index (κ3) is 6.23. The summed E-state index contributed by atoms with van der Waals surface area (Å²) in [6.07, 6.45) is 2.31. The predicted octanol–water partition coefficient (Wildman–Crippen LogP) is 3.68. The first-order valence-electron chi connectivity index (χ1n) is 7.64. The first-order valence-corrected chi connectivity index (χ1v) is 8.40. The van der Waals surface area contributed by atoms with E-state index in [1.807, 2.05) is 26.0 Å². The van der Waals surface area contributed by atoms with Crippen LogP contribution in [0.3, 0.4) is 0 Å². The van der Waals surface area contributed by atoms with Gasteiger partial charge in [0.05, 0.1) is 6.61 Å². The zero-order valence-electron chi connectivity index (χ0n) is 14.0. The van der Waals surface area contributed by atoms with Gasteiger partial charge in [-0.05, 0) is 42.7 Å². The van der Waals surface area contributed by atoms with E-state index in [9.17, 15) is 4.79 Å². The van der Waals surface area contributed by atoms with Gasteiger partial charge in [-0.2, -0.15) is 0 Å². The smallest absolute Gasteiger partial charge is 0.320 e. The van der Waals surface area contributed by atoms with Crippen molar-refractivity contribution in [2.75, 3.05) is 13.2 Å². The summed E-state index contributed by atoms with van der Waals surface area (Å²) in [5.41, 5.74) is 7.49. The van der Waals surface area contributed by atoms with Gasteiger partial charge in [0.25, 0.3) is 0 Å². The highest BCUT2D eigenvalue weighted by Crippen LogP contribution is 2.30. The van der Waals surface area contributed by atoms with E-state index in [0.717, 1.165) is 23.3 Å². The average molecular weight is 376 g/mol. The summed E-state index contributed by atoms with van der Waals surface area (Å²) in [5, 5.41) is 8.94. The van der Waals surface area contributed by atoms with Crippen LogP contribution in [-0.4, -0.2) is 30.3 Å². The molecule has 0 aliphatic heterocycles. The van der Waals surface area contributed by atoms with E-state index in [-0.39, 0.29) is 23.6 Å². The second-order valence-corrected chi connectivity index (χ2v) is 6.55. The number of carboxylic acid groups (broad SMARTS) is 1. The van der Waals surface area contributed by atoms with Crippen molar-refractivity contribution in [1.29, 1.82) is 0 Å². The number of rotatable bonds is 9. The number of benzene rings is 1. The molecule has 5 nitrogen and oxygen atoms in total. The molecule has 1 rings (SSSR count). The van der Waals surface area contributed by atoms with E-state index in [1.54, 1.807) is 13.0 Å². The quantitative estimate of drug-likeness (QED) is 0.687. The molecule has 0 aliphatic rings. The molecule has 1 aromatic carbocycles. The average Bonchev–Trinajstić information content (AvgIpc) is 2.51. The van der Waals surface area contributed by atoms with Crippen LogP contribution in [0.15, 0.2) is 22.7 Å². The number of aliphatic carboxylic acids is 1. The summed E-state index contributed by atoms with van der Waals surface area (Å²) in [7, 11) is 0. The Morgan fingerprint density at radius 3 is 2.58 bits per heavy atom. The Labute approximate surface area is 152 Å². The van der Waals surface area contributed by atoms with Crippen molar-refractivity contribution in [1.82, 2.24) is 0 Å². The van der Waals surface area contributed by atoms with E-state index in [0.29, 0.717) is 5.75 Å². The number of carbonyl (C=O) groups is 1. The molecular formula is C17H23Cl2NO4. The van der Waals surface area contributed by atoms with Crippen LogP contribution in [0, 0.1) is 12.8 Å². The summed E-state index contributed by atoms with van der Waals surface area (Å²) >= 11 is 11.1. The number of hydrogen-bond donors (Lipinski definition) is 2. The van der Waals surface area contributed by atoms with Crippen molar-refractivity contribution >= 4 is 29.2 Å². The van der Waals surface area contributed by atoms with Crippen molar-refractivity contribution in [3.8, 4) is 11.5 Å². The molecule has 0 aliphatic carbocycles. The minimum absolute atomic E-state index is 0.158. The molecule has 0 amide bonds. The van der Waals surface area contributed by atoms with Gasteiger partial charge < -0.3 is 20.3 Å². The first-order chi connectivity index (χ1) is 11.3. The fourth-order valence-electron chi connectivity index (χ4n) is 2.13. The highest BCUT2D eigenvalue weighted by Gasteiger charge is 2.21. The molecule has 0 saturated heterocycles. The number of aryl methyl sites for hydroxylation is 2. The van der Waals surface area contributed by atoms with Gasteiger partial charge in [0.15, 0.2) is 0 Å². The molecule has 3 N–H and O–H groups in total. The fourth-order valence-corrected chi connectivity index (χ4v) is 2.25. The summed E-state index contributed by atoms with van der Waals surface area (Å²) in [6.45, 7) is 6.17. The molecule has 0 saturated carbocycles. The van der Waals surface area contributed by atoms with E-state index in [2.05, 4.69) is 0 Å². The lowest BCUT2D eigenvalue weighted by molar-refractivity contribution is -0.140. The van der Waals surface area contributed by atoms with Crippen LogP contribution in [0.1, 0.15) is 25.0 Å². The van der Waals surface area contributed by atoms with Gasteiger partial charge in [-0.3, -0.25) is 4.79 Å². The predicted molar refractivity (Wildman–Crippen MR) is 96.1 cm³/mol. The SMILES string of the molecule is CCc1cc(OCC=C(Cl)Cl)cc(C)c1OCC(C)[C@H](N)C(=O)O. The van der Waals surface area contributed by atoms with E-state index < -0.39 is 12.0 Å². The third-order valence-corrected chi connectivity index (χ3v) is 3.89. The van der Waals surface area contributed by atoms with Gasteiger partial charge in [0.1, 0.15) is 28.6 Å². The highest BCUT2D eigenvalue weighted by atomic mass is 35.5. The molecule has 1 aromatic rings. The topological polar surface area (TPSA) is 81.8 Å². The van der Waals surface area contributed by atoms with Gasteiger partial charge in [0, 0.05) is 5.92 Å². The van der Waals surface area contributed by atoms with Crippen LogP contribution in [0.4, 0.5) is 0 Å². The van der Waals surface area contributed by atoms with Crippen molar-refractivity contribution in [3.05, 3.63) is 33.8 Å². The van der Waals surface area contributed by atoms with Gasteiger partial charge in [-0.25, -0.2) is 0 Å². The summed E-state index contributed by atoms with van der Waals surface area (Å²) in [4.78, 5) is 10.9. The molecule has 0 aromatic heterocycles. The molecule has 24 heavy (non-hydrogen) atoms. The Hall–Kier alpha value is -1.43. The summed E-state index contributed by atoms with van der Waals surface area (Å²) in [6, 6.07) is 2.79. The van der Waals surface area contributed by atoms with E-state index in [1.165, 1.54) is 0 Å². The van der Waals surface area contributed by atoms with Crippen molar-refractivity contribution < 1.29 is 19.4 Å². The molecular weight excluding hydrogens is 353 g/mol. The van der Waals surface area contributed by atoms with Crippen LogP contribution < -0.4 is 15.2 Å². The molecule has 0 radical (unpaired) electrons. The molecule has 1 unspecified atom stereocenters. The van der Waals surface area contributed by atoms with E-state index >= 15 is 0 Å². The second kappa shape index (κ2) is 9.77. The number of halogens is 2. The monoisotopic (exact) mass is 375 g/mol. The molecule has 0 heterocycles. The van der Waals surface area contributed by atoms with Crippen LogP contribution in [0.5, 0.6) is 11.5 Å². The maximum Gasteiger partial charge on any atom is 0.320 e. The van der Waals surface area contributed by atoms with Crippen molar-refractivity contribution in [2.24, 2.45) is 11.7 Å². The minimum atomic E-state index is -1.03. The molecule has 7 heteroatoms. The lowest BCUT2D eigenvalue weighted by Gasteiger charge is -2.20. The molecule has 0 bridgehead atoms. The highest BCUT2D eigenvalue weighted by molar-refractivity contribution is 6.55. The Balaban J connectivity index is 2.84. The molecule has 0 fully saturated rings. The Morgan fingerprint density at radius 1 is 1.38 bits per heavy atom. The van der Waals surface area contributed by atoms with Gasteiger partial charge in [-0.1, -0.05) is 37.0 Å². The zero-order chi connectivity index (χ0) is 18.3. The number of nitrogens with two attached hydrogens (primary N) is 1. The van der Waals surface area contributed by atoms with Gasteiger partial charge >= 0.3 is 5.97 Å². The lowest BCUT2D eigenvalue weighted by Crippen LogP contribution is -2.39. The maximum atomic E-state index is 10.9. The Kier molecular flexibility index (Phi) is 8.39. The zero-order valence-corrected chi connectivity index (χ0v) is 15.5. The largest absolute Gasteiger partial charge is 0.493 e. The normalized spacial score (nSPS) is 13.1. The number of carboxylic acids is 1. The van der Waals surface area contributed by atoms with Crippen LogP contribution in [0.2, 0.25) is 0 Å². The molecule has 2 atom stereocenters.